The quantitative estimate of drug-likeness (QED) is 0.669. The Hall–Kier alpha value is -3.37. The van der Waals surface area contributed by atoms with Crippen molar-refractivity contribution in [2.75, 3.05) is 0 Å². The maximum absolute atomic E-state index is 12.1. The van der Waals surface area contributed by atoms with Gasteiger partial charge in [0, 0.05) is 24.8 Å². The Morgan fingerprint density at radius 2 is 1.71 bits per heavy atom. The molecule has 0 N–H and O–H groups in total. The molecule has 11 heteroatoms. The van der Waals surface area contributed by atoms with E-state index < -0.39 is 18.2 Å². The summed E-state index contributed by atoms with van der Waals surface area (Å²) in [6.07, 6.45) is 0.148. The molecule has 24 heavy (non-hydrogen) atoms. The minimum atomic E-state index is -5.13. The second kappa shape index (κ2) is 6.02. The number of alkyl halides is 3. The number of ether oxygens (including phenoxy) is 1. The molecule has 3 heterocycles. The summed E-state index contributed by atoms with van der Waals surface area (Å²) in [6.45, 7) is 0. The predicted molar refractivity (Wildman–Crippen MR) is 70.2 cm³/mol. The molecule has 0 aliphatic heterocycles. The van der Waals surface area contributed by atoms with Gasteiger partial charge in [-0.15, -0.1) is 10.2 Å². The molecule has 3 aromatic rings. The summed E-state index contributed by atoms with van der Waals surface area (Å²) < 4.78 is 45.6. The van der Waals surface area contributed by atoms with Gasteiger partial charge in [-0.2, -0.15) is 13.2 Å². The summed E-state index contributed by atoms with van der Waals surface area (Å²) in [5, 5.41) is 7.60. The van der Waals surface area contributed by atoms with Crippen LogP contribution in [0, 0.1) is 0 Å². The third-order valence-corrected chi connectivity index (χ3v) is 2.62. The van der Waals surface area contributed by atoms with Crippen molar-refractivity contribution < 1.29 is 27.1 Å². The first-order valence-electron chi connectivity index (χ1n) is 6.29. The molecule has 122 valence electrons. The Labute approximate surface area is 131 Å². The summed E-state index contributed by atoms with van der Waals surface area (Å²) in [5.74, 6) is -2.17. The summed E-state index contributed by atoms with van der Waals surface area (Å²) >= 11 is 0. The van der Waals surface area contributed by atoms with Crippen molar-refractivity contribution in [2.24, 2.45) is 0 Å². The van der Waals surface area contributed by atoms with Crippen LogP contribution in [-0.2, 0) is 4.79 Å². The van der Waals surface area contributed by atoms with Crippen molar-refractivity contribution in [3.05, 3.63) is 36.9 Å². The van der Waals surface area contributed by atoms with Crippen LogP contribution in [-0.4, -0.2) is 37.3 Å². The van der Waals surface area contributed by atoms with Crippen molar-refractivity contribution in [1.29, 1.82) is 0 Å². The molecule has 0 atom stereocenters. The fraction of sp³-hybridized carbons (Fsp3) is 0.0769. The summed E-state index contributed by atoms with van der Waals surface area (Å²) in [5.41, 5.74) is 0.831. The van der Waals surface area contributed by atoms with Gasteiger partial charge in [0.2, 0.25) is 5.89 Å². The normalized spacial score (nSPS) is 11.3. The van der Waals surface area contributed by atoms with Gasteiger partial charge >= 0.3 is 18.2 Å². The van der Waals surface area contributed by atoms with Crippen molar-refractivity contribution in [2.45, 2.75) is 6.18 Å². The molecule has 8 nitrogen and oxygen atoms in total. The van der Waals surface area contributed by atoms with Crippen LogP contribution in [0.2, 0.25) is 0 Å². The van der Waals surface area contributed by atoms with Crippen LogP contribution in [0.5, 0.6) is 6.01 Å². The van der Waals surface area contributed by atoms with Gasteiger partial charge in [-0.1, -0.05) is 0 Å². The maximum atomic E-state index is 12.1. The van der Waals surface area contributed by atoms with Gasteiger partial charge in [0.25, 0.3) is 5.89 Å². The Morgan fingerprint density at radius 3 is 2.29 bits per heavy atom. The molecule has 0 aliphatic carbocycles. The van der Waals surface area contributed by atoms with Gasteiger partial charge in [-0.25, -0.2) is 14.8 Å². The van der Waals surface area contributed by atoms with Crippen LogP contribution < -0.4 is 4.74 Å². The monoisotopic (exact) mass is 337 g/mol. The summed E-state index contributed by atoms with van der Waals surface area (Å²) in [4.78, 5) is 21.6. The van der Waals surface area contributed by atoms with E-state index in [9.17, 15) is 18.0 Å². The van der Waals surface area contributed by atoms with E-state index in [0.29, 0.717) is 5.56 Å². The van der Waals surface area contributed by atoms with Crippen molar-refractivity contribution >= 4 is 5.97 Å². The lowest BCUT2D eigenvalue weighted by Crippen LogP contribution is -2.28. The molecular formula is C13H6F3N5O3. The molecule has 3 rings (SSSR count). The average Bonchev–Trinajstić information content (AvgIpc) is 3.05. The van der Waals surface area contributed by atoms with Crippen molar-refractivity contribution in [1.82, 2.24) is 25.1 Å². The van der Waals surface area contributed by atoms with E-state index in [1.807, 2.05) is 0 Å². The first-order valence-corrected chi connectivity index (χ1v) is 6.29. The zero-order chi connectivity index (χ0) is 17.2. The summed E-state index contributed by atoms with van der Waals surface area (Å²) in [7, 11) is 0. The molecule has 0 amide bonds. The molecule has 0 aliphatic rings. The minimum Gasteiger partial charge on any atom is -0.416 e. The number of rotatable bonds is 3. The molecule has 3 aromatic heterocycles. The molecule has 0 aromatic carbocycles. The third kappa shape index (κ3) is 3.34. The van der Waals surface area contributed by atoms with Gasteiger partial charge < -0.3 is 9.15 Å². The van der Waals surface area contributed by atoms with Crippen LogP contribution in [0.4, 0.5) is 13.2 Å². The lowest BCUT2D eigenvalue weighted by atomic mass is 10.3. The molecule has 0 saturated carbocycles. The van der Waals surface area contributed by atoms with Crippen LogP contribution in [0.25, 0.3) is 22.9 Å². The highest BCUT2D eigenvalue weighted by Crippen LogP contribution is 2.23. The number of carbonyl (C=O) groups is 1. The second-order valence-electron chi connectivity index (χ2n) is 4.30. The first kappa shape index (κ1) is 15.5. The average molecular weight is 337 g/mol. The van der Waals surface area contributed by atoms with E-state index in [1.54, 1.807) is 18.3 Å². The fourth-order valence-corrected chi connectivity index (χ4v) is 1.57. The second-order valence-corrected chi connectivity index (χ2v) is 4.30. The molecule has 0 unspecified atom stereocenters. The lowest BCUT2D eigenvalue weighted by Gasteiger charge is -2.04. The molecule has 0 fully saturated rings. The Bertz CT molecular complexity index is 849. The molecular weight excluding hydrogens is 331 g/mol. The fourth-order valence-electron chi connectivity index (χ4n) is 1.57. The van der Waals surface area contributed by atoms with E-state index in [4.69, 9.17) is 4.42 Å². The molecule has 0 spiro atoms. The van der Waals surface area contributed by atoms with Crippen molar-refractivity contribution in [3.63, 3.8) is 0 Å². The molecule has 0 radical (unpaired) electrons. The highest BCUT2D eigenvalue weighted by atomic mass is 19.4. The van der Waals surface area contributed by atoms with Crippen LogP contribution in [0.1, 0.15) is 0 Å². The van der Waals surface area contributed by atoms with Crippen molar-refractivity contribution in [3.8, 4) is 28.9 Å². The highest BCUT2D eigenvalue weighted by Gasteiger charge is 2.42. The Balaban J connectivity index is 1.77. The topological polar surface area (TPSA) is 104 Å². The highest BCUT2D eigenvalue weighted by molar-refractivity contribution is 5.77. The number of halogens is 3. The minimum absolute atomic E-state index is 0.0440. The van der Waals surface area contributed by atoms with E-state index in [0.717, 1.165) is 12.4 Å². The molecule has 0 saturated heterocycles. The van der Waals surface area contributed by atoms with E-state index in [-0.39, 0.29) is 17.3 Å². The predicted octanol–water partition coefficient (Wildman–Crippen LogP) is 2.06. The first-order chi connectivity index (χ1) is 11.4. The largest absolute Gasteiger partial charge is 0.491 e. The number of esters is 1. The Kier molecular flexibility index (Phi) is 3.90. The van der Waals surface area contributed by atoms with Gasteiger partial charge in [-0.05, 0) is 12.1 Å². The smallest absolute Gasteiger partial charge is 0.416 e. The SMILES string of the molecule is O=C(Oc1ncc(-c2nnc(-c3cccnc3)o2)cn1)C(F)(F)F. The van der Waals surface area contributed by atoms with Crippen LogP contribution in [0.3, 0.4) is 0 Å². The third-order valence-electron chi connectivity index (χ3n) is 2.62. The van der Waals surface area contributed by atoms with Gasteiger partial charge in [0.05, 0.1) is 11.1 Å². The van der Waals surface area contributed by atoms with E-state index in [1.165, 1.54) is 6.20 Å². The number of pyridine rings is 1. The number of carbonyl (C=O) groups excluding carboxylic acids is 1. The standard InChI is InChI=1S/C13H6F3N5O3/c14-13(15,16)11(22)24-12-18-5-8(6-19-12)10-21-20-9(23-10)7-2-1-3-17-4-7/h1-6H. The Morgan fingerprint density at radius 1 is 1.04 bits per heavy atom. The van der Waals surface area contributed by atoms with E-state index in [2.05, 4.69) is 29.9 Å². The number of hydrogen-bond donors (Lipinski definition) is 0. The van der Waals surface area contributed by atoms with Gasteiger partial charge in [0.1, 0.15) is 0 Å². The zero-order valence-corrected chi connectivity index (χ0v) is 11.6. The van der Waals surface area contributed by atoms with Gasteiger partial charge in [0.15, 0.2) is 0 Å². The van der Waals surface area contributed by atoms with E-state index >= 15 is 0 Å². The van der Waals surface area contributed by atoms with Crippen LogP contribution in [0.15, 0.2) is 41.3 Å². The van der Waals surface area contributed by atoms with Gasteiger partial charge in [-0.3, -0.25) is 4.98 Å². The lowest BCUT2D eigenvalue weighted by molar-refractivity contribution is -0.190. The maximum Gasteiger partial charge on any atom is 0.491 e. The summed E-state index contributed by atoms with van der Waals surface area (Å²) in [6, 6.07) is 2.65. The number of aromatic nitrogens is 5. The number of hydrogen-bond acceptors (Lipinski definition) is 8. The zero-order valence-electron chi connectivity index (χ0n) is 11.6. The van der Waals surface area contributed by atoms with Crippen LogP contribution >= 0.6 is 0 Å². The molecule has 0 bridgehead atoms. The number of nitrogens with zero attached hydrogens (tertiary/aromatic N) is 5.